The van der Waals surface area contributed by atoms with Gasteiger partial charge in [0, 0.05) is 0 Å². The van der Waals surface area contributed by atoms with Gasteiger partial charge in [-0.3, -0.25) is 0 Å². The number of hydrogen-bond donors (Lipinski definition) is 0. The lowest BCUT2D eigenvalue weighted by Crippen LogP contribution is -2.51. The summed E-state index contributed by atoms with van der Waals surface area (Å²) in [5, 5.41) is -2.70. The van der Waals surface area contributed by atoms with Gasteiger partial charge in [-0.15, -0.1) is 0 Å². The normalized spacial score (nSPS) is 12.2. The molecule has 0 aliphatic rings. The van der Waals surface area contributed by atoms with E-state index >= 15 is 0 Å². The predicted octanol–water partition coefficient (Wildman–Crippen LogP) is 1.37. The molecule has 0 aliphatic carbocycles. The molecular formula is C14H10B4. The van der Waals surface area contributed by atoms with Gasteiger partial charge in [-0.1, -0.05) is 82.2 Å². The van der Waals surface area contributed by atoms with E-state index in [9.17, 15) is 0 Å². The Morgan fingerprint density at radius 3 is 1.06 bits per heavy atom. The van der Waals surface area contributed by atoms with E-state index < -0.39 is 10.4 Å². The highest BCUT2D eigenvalue weighted by Crippen LogP contribution is 2.34. The largest absolute Gasteiger partial charge is 0.0811 e. The second kappa shape index (κ2) is 4.76. The third kappa shape index (κ3) is 2.16. The van der Waals surface area contributed by atoms with Crippen LogP contribution in [0.1, 0.15) is 11.1 Å². The zero-order valence-electron chi connectivity index (χ0n) is 10.1. The van der Waals surface area contributed by atoms with Crippen LogP contribution in [0, 0.1) is 0 Å². The van der Waals surface area contributed by atoms with Crippen LogP contribution in [0.5, 0.6) is 0 Å². The first-order valence-electron chi connectivity index (χ1n) is 5.73. The van der Waals surface area contributed by atoms with Crippen molar-refractivity contribution in [3.63, 3.8) is 0 Å². The van der Waals surface area contributed by atoms with Gasteiger partial charge >= 0.3 is 0 Å². The summed E-state index contributed by atoms with van der Waals surface area (Å²) in [6.07, 6.45) is 0. The molecule has 0 spiro atoms. The van der Waals surface area contributed by atoms with E-state index in [0.29, 0.717) is 11.1 Å². The molecule has 0 heterocycles. The molecule has 0 fully saturated rings. The Morgan fingerprint density at radius 2 is 0.778 bits per heavy atom. The quantitative estimate of drug-likeness (QED) is 0.687. The predicted molar refractivity (Wildman–Crippen MR) is 79.3 cm³/mol. The smallest absolute Gasteiger partial charge is 0.0674 e. The van der Waals surface area contributed by atoms with Gasteiger partial charge in [-0.2, -0.15) is 0 Å². The first-order chi connectivity index (χ1) is 8.46. The molecule has 8 radical (unpaired) electrons. The maximum absolute atomic E-state index is 6.18. The lowest BCUT2D eigenvalue weighted by atomic mass is 9.27. The molecular weight excluding hydrogens is 211 g/mol. The van der Waals surface area contributed by atoms with Crippen LogP contribution < -0.4 is 0 Å². The summed E-state index contributed by atoms with van der Waals surface area (Å²) in [6, 6.07) is 18.4. The highest BCUT2D eigenvalue weighted by molar-refractivity contribution is 6.54. The highest BCUT2D eigenvalue weighted by Gasteiger charge is 2.36. The molecule has 0 nitrogen and oxygen atoms in total. The van der Waals surface area contributed by atoms with E-state index in [0.717, 1.165) is 0 Å². The SMILES string of the molecule is [B]C([B])(c1ccccc1)C([B])([B])c1ccccc1. The topological polar surface area (TPSA) is 0 Å². The summed E-state index contributed by atoms with van der Waals surface area (Å²) in [5.41, 5.74) is 1.39. The second-order valence-corrected chi connectivity index (χ2v) is 4.47. The minimum absolute atomic E-state index is 0.693. The van der Waals surface area contributed by atoms with Crippen molar-refractivity contribution in [1.29, 1.82) is 0 Å². The zero-order chi connectivity index (χ0) is 13.2. The van der Waals surface area contributed by atoms with Crippen LogP contribution in [0.2, 0.25) is 0 Å². The standard InChI is InChI=1S/C14H10B4/c15-13(16,11-7-3-1-4-8-11)14(17,18)12-9-5-2-6-10-12/h1-10H. The molecule has 78 valence electrons. The monoisotopic (exact) mass is 222 g/mol. The fourth-order valence-corrected chi connectivity index (χ4v) is 1.91. The molecule has 0 N–H and O–H groups in total. The molecule has 2 aromatic carbocycles. The summed E-state index contributed by atoms with van der Waals surface area (Å²) in [7, 11) is 24.7. The van der Waals surface area contributed by atoms with Gasteiger partial charge in [0.15, 0.2) is 0 Å². The summed E-state index contributed by atoms with van der Waals surface area (Å²) in [4.78, 5) is 0. The van der Waals surface area contributed by atoms with Crippen molar-refractivity contribution in [2.75, 3.05) is 0 Å². The van der Waals surface area contributed by atoms with Crippen molar-refractivity contribution < 1.29 is 0 Å². The van der Waals surface area contributed by atoms with Gasteiger partial charge in [-0.25, -0.2) is 0 Å². The van der Waals surface area contributed by atoms with E-state index in [1.807, 2.05) is 60.7 Å². The molecule has 0 aliphatic heterocycles. The Hall–Kier alpha value is -1.30. The molecule has 0 amide bonds. The number of rotatable bonds is 3. The van der Waals surface area contributed by atoms with Crippen LogP contribution >= 0.6 is 0 Å². The number of hydrogen-bond acceptors (Lipinski definition) is 0. The summed E-state index contributed by atoms with van der Waals surface area (Å²) < 4.78 is 0. The third-order valence-corrected chi connectivity index (χ3v) is 3.19. The maximum Gasteiger partial charge on any atom is 0.0674 e. The number of benzene rings is 2. The third-order valence-electron chi connectivity index (χ3n) is 3.19. The molecule has 0 atom stereocenters. The van der Waals surface area contributed by atoms with Gasteiger partial charge in [0.05, 0.1) is 31.4 Å². The Labute approximate surface area is 114 Å². The van der Waals surface area contributed by atoms with Gasteiger partial charge < -0.3 is 0 Å². The van der Waals surface area contributed by atoms with Crippen molar-refractivity contribution in [3.8, 4) is 0 Å². The molecule has 0 aromatic heterocycles. The van der Waals surface area contributed by atoms with Crippen molar-refractivity contribution in [2.24, 2.45) is 0 Å². The average Bonchev–Trinajstić information content (AvgIpc) is 2.40. The van der Waals surface area contributed by atoms with Crippen molar-refractivity contribution in [3.05, 3.63) is 71.8 Å². The first kappa shape index (κ1) is 13.1. The van der Waals surface area contributed by atoms with E-state index in [4.69, 9.17) is 31.4 Å². The highest BCUT2D eigenvalue weighted by atomic mass is 14.3. The van der Waals surface area contributed by atoms with Crippen molar-refractivity contribution >= 4 is 31.4 Å². The Bertz CT molecular complexity index is 456. The van der Waals surface area contributed by atoms with Gasteiger partial charge in [0.2, 0.25) is 0 Å². The van der Waals surface area contributed by atoms with Gasteiger partial charge in [0.25, 0.3) is 0 Å². The van der Waals surface area contributed by atoms with Crippen LogP contribution in [0.4, 0.5) is 0 Å². The van der Waals surface area contributed by atoms with Gasteiger partial charge in [-0.05, 0) is 0 Å². The average molecular weight is 221 g/mol. The van der Waals surface area contributed by atoms with E-state index in [1.165, 1.54) is 0 Å². The Morgan fingerprint density at radius 1 is 0.500 bits per heavy atom. The molecule has 4 heteroatoms. The summed E-state index contributed by atoms with van der Waals surface area (Å²) >= 11 is 0. The summed E-state index contributed by atoms with van der Waals surface area (Å²) in [6.45, 7) is 0. The summed E-state index contributed by atoms with van der Waals surface area (Å²) in [5.74, 6) is 0. The fraction of sp³-hybridized carbons (Fsp3) is 0.143. The van der Waals surface area contributed by atoms with Crippen LogP contribution in [-0.2, 0) is 10.4 Å². The van der Waals surface area contributed by atoms with E-state index in [1.54, 1.807) is 0 Å². The maximum atomic E-state index is 6.18. The first-order valence-corrected chi connectivity index (χ1v) is 5.73. The van der Waals surface area contributed by atoms with Crippen LogP contribution in [0.3, 0.4) is 0 Å². The van der Waals surface area contributed by atoms with Crippen LogP contribution in [0.25, 0.3) is 0 Å². The van der Waals surface area contributed by atoms with Crippen LogP contribution in [-0.4, -0.2) is 31.4 Å². The van der Waals surface area contributed by atoms with Crippen molar-refractivity contribution in [2.45, 2.75) is 10.4 Å². The molecule has 0 bridgehead atoms. The fourth-order valence-electron chi connectivity index (χ4n) is 1.91. The Kier molecular flexibility index (Phi) is 3.47. The minimum Gasteiger partial charge on any atom is -0.0811 e. The minimum atomic E-state index is -1.35. The Balaban J connectivity index is 2.47. The lowest BCUT2D eigenvalue weighted by molar-refractivity contribution is 0.726. The molecule has 18 heavy (non-hydrogen) atoms. The van der Waals surface area contributed by atoms with Crippen LogP contribution in [0.15, 0.2) is 60.7 Å². The molecule has 2 aromatic rings. The molecule has 0 saturated heterocycles. The lowest BCUT2D eigenvalue weighted by Gasteiger charge is -2.45. The van der Waals surface area contributed by atoms with Crippen molar-refractivity contribution in [1.82, 2.24) is 0 Å². The van der Waals surface area contributed by atoms with Gasteiger partial charge in [0.1, 0.15) is 0 Å². The van der Waals surface area contributed by atoms with E-state index in [-0.39, 0.29) is 0 Å². The zero-order valence-corrected chi connectivity index (χ0v) is 10.1. The van der Waals surface area contributed by atoms with E-state index in [2.05, 4.69) is 0 Å². The molecule has 0 saturated carbocycles. The molecule has 2 rings (SSSR count). The molecule has 0 unspecified atom stereocenters. The second-order valence-electron chi connectivity index (χ2n) is 4.47.